The maximum absolute atomic E-state index is 13.2. The van der Waals surface area contributed by atoms with Crippen molar-refractivity contribution in [3.8, 4) is 0 Å². The maximum atomic E-state index is 13.2. The number of carbonyl (C=O) groups is 2. The first kappa shape index (κ1) is 51.4. The van der Waals surface area contributed by atoms with Crippen LogP contribution in [0.15, 0.2) is 11.6 Å². The summed E-state index contributed by atoms with van der Waals surface area (Å²) < 4.78 is 36.3. The van der Waals surface area contributed by atoms with Crippen LogP contribution in [0, 0.1) is 56.7 Å². The van der Waals surface area contributed by atoms with E-state index in [2.05, 4.69) is 47.6 Å². The van der Waals surface area contributed by atoms with E-state index in [-0.39, 0.29) is 47.0 Å². The van der Waals surface area contributed by atoms with E-state index in [0.29, 0.717) is 32.1 Å². The van der Waals surface area contributed by atoms with E-state index in [1.165, 1.54) is 12.5 Å². The van der Waals surface area contributed by atoms with Crippen molar-refractivity contribution >= 4 is 11.9 Å². The highest BCUT2D eigenvalue weighted by molar-refractivity contribution is 5.76. The third-order valence-corrected chi connectivity index (χ3v) is 19.7. The highest BCUT2D eigenvalue weighted by Crippen LogP contribution is 2.77. The normalized spacial score (nSPS) is 54.1. The van der Waals surface area contributed by atoms with Crippen LogP contribution in [0.3, 0.4) is 0 Å². The molecule has 11 N–H and O–H groups in total. The molecule has 7 fully saturated rings. The topological polar surface area (TPSA) is 312 Å². The Hall–Kier alpha value is -1.92. The van der Waals surface area contributed by atoms with Gasteiger partial charge >= 0.3 is 11.9 Å². The van der Waals surface area contributed by atoms with Gasteiger partial charge < -0.3 is 84.6 Å². The Morgan fingerprint density at radius 1 is 0.687 bits per heavy atom. The van der Waals surface area contributed by atoms with Gasteiger partial charge in [-0.15, -0.1) is 0 Å². The van der Waals surface area contributed by atoms with E-state index >= 15 is 0 Å². The Morgan fingerprint density at radius 2 is 1.33 bits per heavy atom. The lowest BCUT2D eigenvalue weighted by molar-refractivity contribution is -0.395. The van der Waals surface area contributed by atoms with E-state index in [4.69, 9.17) is 28.4 Å². The molecule has 0 aromatic carbocycles. The molecule has 0 spiro atoms. The molecule has 0 aromatic heterocycles. The Labute approximate surface area is 391 Å². The number of carboxylic acid groups (broad SMARTS) is 2. The van der Waals surface area contributed by atoms with Crippen LogP contribution in [0.25, 0.3) is 0 Å². The lowest BCUT2D eigenvalue weighted by Crippen LogP contribution is -2.70. The van der Waals surface area contributed by atoms with Crippen LogP contribution in [-0.4, -0.2) is 180 Å². The first-order valence-electron chi connectivity index (χ1n) is 24.4. The highest BCUT2D eigenvalue weighted by Gasteiger charge is 2.73. The van der Waals surface area contributed by atoms with Crippen LogP contribution < -0.4 is 0 Å². The molecule has 382 valence electrons. The molecule has 0 unspecified atom stereocenters. The number of hydrogen-bond acceptors (Lipinski definition) is 17. The molecule has 8 aliphatic rings. The summed E-state index contributed by atoms with van der Waals surface area (Å²) in [4.78, 5) is 25.7. The van der Waals surface area contributed by atoms with Crippen LogP contribution in [0.5, 0.6) is 0 Å². The van der Waals surface area contributed by atoms with Gasteiger partial charge in [-0.25, -0.2) is 4.79 Å². The Balaban J connectivity index is 1.06. The van der Waals surface area contributed by atoms with Crippen LogP contribution in [0.1, 0.15) is 106 Å². The number of ether oxygens (including phenoxy) is 6. The van der Waals surface area contributed by atoms with Gasteiger partial charge in [0.15, 0.2) is 25.0 Å². The number of aliphatic carboxylic acids is 2. The third kappa shape index (κ3) is 7.79. The predicted molar refractivity (Wildman–Crippen MR) is 231 cm³/mol. The van der Waals surface area contributed by atoms with Crippen LogP contribution in [0.2, 0.25) is 0 Å². The van der Waals surface area contributed by atoms with Gasteiger partial charge in [-0.05, 0) is 117 Å². The molecular weight excluding hydrogens is 881 g/mol. The second-order valence-corrected chi connectivity index (χ2v) is 22.8. The average Bonchev–Trinajstić information content (AvgIpc) is 3.28. The number of hydrogen-bond donors (Lipinski definition) is 11. The second kappa shape index (κ2) is 18.3. The van der Waals surface area contributed by atoms with Gasteiger partial charge in [-0.2, -0.15) is 0 Å². The van der Waals surface area contributed by atoms with E-state index in [9.17, 15) is 65.8 Å². The summed E-state index contributed by atoms with van der Waals surface area (Å²) in [5.74, 6) is -2.13. The number of aliphatic hydroxyl groups is 9. The van der Waals surface area contributed by atoms with Crippen molar-refractivity contribution in [2.45, 2.75) is 204 Å². The second-order valence-electron chi connectivity index (χ2n) is 22.8. The molecule has 5 aliphatic carbocycles. The van der Waals surface area contributed by atoms with Crippen molar-refractivity contribution in [3.63, 3.8) is 0 Å². The molecule has 67 heavy (non-hydrogen) atoms. The molecule has 0 aromatic rings. The van der Waals surface area contributed by atoms with Gasteiger partial charge in [-0.1, -0.05) is 46.3 Å². The van der Waals surface area contributed by atoms with Crippen molar-refractivity contribution in [1.29, 1.82) is 0 Å². The Kier molecular flexibility index (Phi) is 14.0. The third-order valence-electron chi connectivity index (χ3n) is 19.7. The standard InChI is InChI=1S/C48H76O19/c1-20-10-15-47(43(60)61)16-17-48(19-50)23(28(47)21(20)2)8-9-26-45(6)13-12-27(44(4,5)25(45)11-14-46(26,48)7)64-42-38(34(56)33(55)36(65-42)39(58)59)67-41-37(32(54)30(52)24(18-49)63-41)66-40-35(57)31(53)29(51)22(3)62-40/h10,21-38,40-42,49-57H,8-9,11-19H2,1-7H3,(H,58,59)(H,60,61)/t21-,22+,23-,24-,25+,26-,27+,28-,29+,30+,31-,32+,33+,34+,35-,36+,37-,38-,40+,41+,42-,45+,46-,47+,48+/m1/s1. The summed E-state index contributed by atoms with van der Waals surface area (Å²) in [7, 11) is 0. The molecular formula is C48H76O19. The van der Waals surface area contributed by atoms with Gasteiger partial charge in [0.05, 0.1) is 24.2 Å². The fraction of sp³-hybridized carbons (Fsp3) is 0.917. The fourth-order valence-corrected chi connectivity index (χ4v) is 15.8. The van der Waals surface area contributed by atoms with Gasteiger partial charge in [0, 0.05) is 12.0 Å². The average molecular weight is 957 g/mol. The largest absolute Gasteiger partial charge is 0.481 e. The Morgan fingerprint density at radius 3 is 1.96 bits per heavy atom. The highest BCUT2D eigenvalue weighted by atomic mass is 16.8. The predicted octanol–water partition coefficient (Wildman–Crippen LogP) is 0.654. The monoisotopic (exact) mass is 956 g/mol. The minimum absolute atomic E-state index is 0.0222. The summed E-state index contributed by atoms with van der Waals surface area (Å²) in [5.41, 5.74) is -1.33. The molecule has 0 radical (unpaired) electrons. The van der Waals surface area contributed by atoms with E-state index < -0.39 is 133 Å². The maximum Gasteiger partial charge on any atom is 0.335 e. The summed E-state index contributed by atoms with van der Waals surface area (Å²) in [5, 5.41) is 119. The van der Waals surface area contributed by atoms with Gasteiger partial charge in [0.1, 0.15) is 61.0 Å². The summed E-state index contributed by atoms with van der Waals surface area (Å²) in [6, 6.07) is 0. The molecule has 3 aliphatic heterocycles. The molecule has 19 heteroatoms. The first-order chi connectivity index (χ1) is 31.4. The SMILES string of the molecule is CC1=CC[C@]2(C(=O)O)CC[C@]3(CO)[C@H](CC[C@@H]4[C@@]5(C)CC[C@H](O[C@@H]6O[C@H](C(=O)O)[C@@H](O)[C@H](O)[C@H]6O[C@@H]6O[C@H](CO)[C@H](O)[C@H](O)[C@H]6O[C@@H]6O[C@@H](C)[C@H](O)[C@@H](O)[C@H]6O)C(C)(C)[C@@H]5CC[C@]43C)[C@H]2[C@@H]1C. The van der Waals surface area contributed by atoms with Gasteiger partial charge in [-0.3, -0.25) is 4.79 Å². The fourth-order valence-electron chi connectivity index (χ4n) is 15.8. The molecule has 3 saturated heterocycles. The van der Waals surface area contributed by atoms with E-state index in [0.717, 1.165) is 25.7 Å². The van der Waals surface area contributed by atoms with Crippen LogP contribution in [-0.2, 0) is 38.0 Å². The van der Waals surface area contributed by atoms with E-state index in [1.54, 1.807) is 0 Å². The molecule has 3 heterocycles. The molecule has 19 nitrogen and oxygen atoms in total. The van der Waals surface area contributed by atoms with Gasteiger partial charge in [0.2, 0.25) is 0 Å². The number of allylic oxidation sites excluding steroid dienone is 2. The zero-order valence-electron chi connectivity index (χ0n) is 39.7. The molecule has 25 atom stereocenters. The molecule has 0 amide bonds. The minimum Gasteiger partial charge on any atom is -0.481 e. The van der Waals surface area contributed by atoms with Crippen molar-refractivity contribution in [3.05, 3.63) is 11.6 Å². The lowest BCUT2D eigenvalue weighted by Gasteiger charge is -2.73. The Bertz CT molecular complexity index is 1870. The number of rotatable bonds is 10. The molecule has 0 bridgehead atoms. The number of fused-ring (bicyclic) bond motifs is 7. The zero-order chi connectivity index (χ0) is 49.1. The van der Waals surface area contributed by atoms with Crippen molar-refractivity contribution in [1.82, 2.24) is 0 Å². The van der Waals surface area contributed by atoms with Crippen LogP contribution in [0.4, 0.5) is 0 Å². The first-order valence-corrected chi connectivity index (χ1v) is 24.4. The molecule has 8 rings (SSSR count). The van der Waals surface area contributed by atoms with Gasteiger partial charge in [0.25, 0.3) is 0 Å². The van der Waals surface area contributed by atoms with Crippen molar-refractivity contribution < 1.29 is 94.2 Å². The van der Waals surface area contributed by atoms with E-state index in [1.807, 2.05) is 0 Å². The van der Waals surface area contributed by atoms with Crippen LogP contribution >= 0.6 is 0 Å². The number of aliphatic hydroxyl groups excluding tert-OH is 9. The zero-order valence-corrected chi connectivity index (χ0v) is 39.7. The molecule has 4 saturated carbocycles. The minimum atomic E-state index is -2.06. The van der Waals surface area contributed by atoms with Crippen molar-refractivity contribution in [2.24, 2.45) is 56.7 Å². The smallest absolute Gasteiger partial charge is 0.335 e. The lowest BCUT2D eigenvalue weighted by atomic mass is 9.31. The summed E-state index contributed by atoms with van der Waals surface area (Å²) >= 11 is 0. The summed E-state index contributed by atoms with van der Waals surface area (Å²) in [6.07, 6.45) is -18.6. The summed E-state index contributed by atoms with van der Waals surface area (Å²) in [6.45, 7) is 13.7. The number of carboxylic acids is 2. The van der Waals surface area contributed by atoms with Crippen molar-refractivity contribution in [2.75, 3.05) is 13.2 Å². The quantitative estimate of drug-likeness (QED) is 0.106.